The van der Waals surface area contributed by atoms with E-state index in [1.54, 1.807) is 60.7 Å². The number of ether oxygens (including phenoxy) is 2. The summed E-state index contributed by atoms with van der Waals surface area (Å²) in [7, 11) is -1.04. The van der Waals surface area contributed by atoms with Crippen molar-refractivity contribution in [1.82, 2.24) is 0 Å². The molecule has 0 aliphatic heterocycles. The third-order valence-electron chi connectivity index (χ3n) is 6.42. The summed E-state index contributed by atoms with van der Waals surface area (Å²) in [6.07, 6.45) is 6.15. The molecule has 0 heterocycles. The van der Waals surface area contributed by atoms with Crippen LogP contribution in [0.15, 0.2) is 97.1 Å². The van der Waals surface area contributed by atoms with Crippen LogP contribution in [0.25, 0.3) is 12.2 Å². The van der Waals surface area contributed by atoms with Crippen LogP contribution in [0.1, 0.15) is 32.8 Å². The fourth-order valence-electron chi connectivity index (χ4n) is 4.22. The first-order chi connectivity index (χ1) is 19.6. The first kappa shape index (κ1) is 30.3. The second-order valence-corrected chi connectivity index (χ2v) is 12.0. The lowest BCUT2D eigenvalue weighted by molar-refractivity contribution is 0.414. The Morgan fingerprint density at radius 1 is 0.634 bits per heavy atom. The van der Waals surface area contributed by atoms with Gasteiger partial charge in [-0.1, -0.05) is 83.9 Å². The van der Waals surface area contributed by atoms with Crippen LogP contribution in [-0.2, 0) is 9.84 Å². The number of halogens is 4. The first-order valence-corrected chi connectivity index (χ1v) is 14.8. The van der Waals surface area contributed by atoms with Crippen LogP contribution in [0.3, 0.4) is 0 Å². The van der Waals surface area contributed by atoms with E-state index < -0.39 is 32.0 Å². The molecule has 0 fully saturated rings. The van der Waals surface area contributed by atoms with Crippen molar-refractivity contribution in [3.8, 4) is 11.5 Å². The van der Waals surface area contributed by atoms with Crippen LogP contribution >= 0.6 is 23.2 Å². The van der Waals surface area contributed by atoms with Crippen molar-refractivity contribution in [2.24, 2.45) is 0 Å². The Morgan fingerprint density at radius 3 is 1.32 bits per heavy atom. The van der Waals surface area contributed by atoms with Gasteiger partial charge in [-0.2, -0.15) is 0 Å². The Morgan fingerprint density at radius 2 is 1.00 bits per heavy atom. The molecule has 0 radical (unpaired) electrons. The molecule has 41 heavy (non-hydrogen) atoms. The standard InChI is InChI=1S/C32H26Cl2F2O4S/c1-39-27-13-5-23(6-14-27)31(17-9-21-3-11-25(35)19-29(21)33)41(37,38)32(24-7-15-28(40-2)16-8-24)18-10-22-4-12-26(36)20-30(22)34/h3-20,31-32H,1-2H3/b17-9+,18-10+. The lowest BCUT2D eigenvalue weighted by atomic mass is 10.1. The second kappa shape index (κ2) is 13.3. The van der Waals surface area contributed by atoms with Crippen molar-refractivity contribution >= 4 is 45.2 Å². The maximum Gasteiger partial charge on any atom is 0.171 e. The van der Waals surface area contributed by atoms with E-state index in [0.717, 1.165) is 12.1 Å². The number of methoxy groups -OCH3 is 2. The molecule has 0 saturated heterocycles. The van der Waals surface area contributed by atoms with Gasteiger partial charge >= 0.3 is 0 Å². The Kier molecular flexibility index (Phi) is 9.86. The van der Waals surface area contributed by atoms with Crippen LogP contribution in [0.4, 0.5) is 8.78 Å². The topological polar surface area (TPSA) is 52.6 Å². The summed E-state index contributed by atoms with van der Waals surface area (Å²) in [5.74, 6) is 0.118. The van der Waals surface area contributed by atoms with Crippen molar-refractivity contribution in [2.45, 2.75) is 10.5 Å². The summed E-state index contributed by atoms with van der Waals surface area (Å²) in [5.41, 5.74) is 1.87. The number of rotatable bonds is 10. The monoisotopic (exact) mass is 614 g/mol. The molecule has 0 aliphatic carbocycles. The van der Waals surface area contributed by atoms with E-state index in [-0.39, 0.29) is 10.0 Å². The summed E-state index contributed by atoms with van der Waals surface area (Å²) in [6.45, 7) is 0. The van der Waals surface area contributed by atoms with Crippen molar-refractivity contribution < 1.29 is 26.7 Å². The molecule has 4 aromatic rings. The van der Waals surface area contributed by atoms with Crippen molar-refractivity contribution in [2.75, 3.05) is 14.2 Å². The predicted octanol–water partition coefficient (Wildman–Crippen LogP) is 8.91. The van der Waals surface area contributed by atoms with Gasteiger partial charge in [0.2, 0.25) is 0 Å². The Hall–Kier alpha value is -3.65. The Bertz CT molecular complexity index is 1550. The largest absolute Gasteiger partial charge is 0.497 e. The molecule has 4 nitrogen and oxygen atoms in total. The average Bonchev–Trinajstić information content (AvgIpc) is 2.95. The van der Waals surface area contributed by atoms with Gasteiger partial charge in [-0.3, -0.25) is 0 Å². The number of sulfone groups is 1. The molecule has 9 heteroatoms. The lowest BCUT2D eigenvalue weighted by Crippen LogP contribution is -2.19. The normalized spacial score (nSPS) is 13.4. The van der Waals surface area contributed by atoms with Gasteiger partial charge in [0.05, 0.1) is 24.3 Å². The van der Waals surface area contributed by atoms with Gasteiger partial charge in [-0.25, -0.2) is 17.2 Å². The van der Waals surface area contributed by atoms with Gasteiger partial charge in [0.25, 0.3) is 0 Å². The quantitative estimate of drug-likeness (QED) is 0.179. The molecule has 0 aromatic heterocycles. The van der Waals surface area contributed by atoms with Crippen molar-refractivity contribution in [3.63, 3.8) is 0 Å². The smallest absolute Gasteiger partial charge is 0.171 e. The molecule has 0 bridgehead atoms. The van der Waals surface area contributed by atoms with E-state index in [2.05, 4.69) is 0 Å². The summed E-state index contributed by atoms with van der Waals surface area (Å²) < 4.78 is 66.8. The highest BCUT2D eigenvalue weighted by Gasteiger charge is 2.33. The van der Waals surface area contributed by atoms with E-state index in [0.29, 0.717) is 33.8 Å². The second-order valence-electron chi connectivity index (χ2n) is 9.03. The molecular formula is C32H26Cl2F2O4S. The highest BCUT2D eigenvalue weighted by molar-refractivity contribution is 7.92. The molecule has 0 aliphatic rings. The van der Waals surface area contributed by atoms with Gasteiger partial charge in [-0.05, 0) is 70.8 Å². The minimum atomic E-state index is -4.08. The van der Waals surface area contributed by atoms with E-state index in [1.807, 2.05) is 0 Å². The number of benzene rings is 4. The highest BCUT2D eigenvalue weighted by Crippen LogP contribution is 2.39. The number of hydrogen-bond donors (Lipinski definition) is 0. The molecule has 212 valence electrons. The molecule has 0 spiro atoms. The SMILES string of the molecule is COc1ccc(C(/C=C/c2ccc(F)cc2Cl)S(=O)(=O)C(/C=C/c2ccc(F)cc2Cl)c2ccc(OC)cc2)cc1. The fourth-order valence-corrected chi connectivity index (χ4v) is 6.67. The summed E-state index contributed by atoms with van der Waals surface area (Å²) >= 11 is 12.4. The molecule has 4 rings (SSSR count). The number of hydrogen-bond acceptors (Lipinski definition) is 4. The van der Waals surface area contributed by atoms with Gasteiger partial charge < -0.3 is 9.47 Å². The van der Waals surface area contributed by atoms with Crippen LogP contribution < -0.4 is 9.47 Å². The van der Waals surface area contributed by atoms with Crippen LogP contribution in [0.5, 0.6) is 11.5 Å². The molecule has 0 saturated carbocycles. The minimum absolute atomic E-state index is 0.143. The van der Waals surface area contributed by atoms with Crippen molar-refractivity contribution in [1.29, 1.82) is 0 Å². The van der Waals surface area contributed by atoms with Crippen LogP contribution in [0.2, 0.25) is 10.0 Å². The predicted molar refractivity (Wildman–Crippen MR) is 161 cm³/mol. The zero-order valence-electron chi connectivity index (χ0n) is 22.1. The van der Waals surface area contributed by atoms with E-state index in [9.17, 15) is 17.2 Å². The van der Waals surface area contributed by atoms with Gasteiger partial charge in [-0.15, -0.1) is 0 Å². The fraction of sp³-hybridized carbons (Fsp3) is 0.125. The zero-order chi connectivity index (χ0) is 29.6. The lowest BCUT2D eigenvalue weighted by Gasteiger charge is -2.22. The Labute approximate surface area is 248 Å². The third-order valence-corrected chi connectivity index (χ3v) is 9.35. The van der Waals surface area contributed by atoms with Gasteiger partial charge in [0.15, 0.2) is 9.84 Å². The zero-order valence-corrected chi connectivity index (χ0v) is 24.4. The van der Waals surface area contributed by atoms with Crippen LogP contribution in [0, 0.1) is 11.6 Å². The maximum absolute atomic E-state index is 14.5. The molecule has 2 unspecified atom stereocenters. The first-order valence-electron chi connectivity index (χ1n) is 12.4. The molecule has 0 amide bonds. The van der Waals surface area contributed by atoms with Gasteiger partial charge in [0, 0.05) is 0 Å². The Balaban J connectivity index is 1.86. The highest BCUT2D eigenvalue weighted by atomic mass is 35.5. The molecule has 0 N–H and O–H groups in total. The molecular weight excluding hydrogens is 589 g/mol. The van der Waals surface area contributed by atoms with Crippen molar-refractivity contribution in [3.05, 3.63) is 141 Å². The maximum atomic E-state index is 14.5. The van der Waals surface area contributed by atoms with Crippen LogP contribution in [-0.4, -0.2) is 22.6 Å². The van der Waals surface area contributed by atoms with Gasteiger partial charge in [0.1, 0.15) is 33.6 Å². The third kappa shape index (κ3) is 7.36. The van der Waals surface area contributed by atoms with E-state index in [1.165, 1.54) is 50.6 Å². The average molecular weight is 616 g/mol. The molecule has 4 aromatic carbocycles. The van der Waals surface area contributed by atoms with E-state index in [4.69, 9.17) is 32.7 Å². The minimum Gasteiger partial charge on any atom is -0.497 e. The van der Waals surface area contributed by atoms with E-state index >= 15 is 0 Å². The summed E-state index contributed by atoms with van der Waals surface area (Å²) in [6, 6.07) is 21.1. The summed E-state index contributed by atoms with van der Waals surface area (Å²) in [4.78, 5) is 0. The summed E-state index contributed by atoms with van der Waals surface area (Å²) in [5, 5.41) is -2.00. The molecule has 2 atom stereocenters.